The van der Waals surface area contributed by atoms with Gasteiger partial charge < -0.3 is 21.1 Å². The maximum atomic E-state index is 12.2. The van der Waals surface area contributed by atoms with Gasteiger partial charge in [0.2, 0.25) is 5.91 Å². The highest BCUT2D eigenvalue weighted by molar-refractivity contribution is 5.94. The van der Waals surface area contributed by atoms with Crippen LogP contribution in [0.2, 0.25) is 0 Å². The summed E-state index contributed by atoms with van der Waals surface area (Å²) in [5, 5.41) is 5.75. The Balaban J connectivity index is 0.00000312. The van der Waals surface area contributed by atoms with E-state index in [0.29, 0.717) is 31.5 Å². The summed E-state index contributed by atoms with van der Waals surface area (Å²) >= 11 is 0. The molecule has 2 amide bonds. The Kier molecular flexibility index (Phi) is 9.49. The smallest absolute Gasteiger partial charge is 0.251 e. The topological polar surface area (TPSA) is 93.5 Å². The molecule has 0 saturated carbocycles. The lowest BCUT2D eigenvalue weighted by atomic mass is 10.1. The van der Waals surface area contributed by atoms with Crippen molar-refractivity contribution in [1.82, 2.24) is 10.6 Å². The number of carbonyl (C=O) groups excluding carboxylic acids is 2. The number of amides is 2. The number of rotatable bonds is 8. The van der Waals surface area contributed by atoms with E-state index in [4.69, 9.17) is 10.5 Å². The average Bonchev–Trinajstić information content (AvgIpc) is 3.09. The molecule has 4 N–H and O–H groups in total. The fourth-order valence-corrected chi connectivity index (χ4v) is 2.58. The highest BCUT2D eigenvalue weighted by Crippen LogP contribution is 2.11. The van der Waals surface area contributed by atoms with Crippen LogP contribution in [0.5, 0.6) is 0 Å². The lowest BCUT2D eigenvalue weighted by Gasteiger charge is -2.11. The van der Waals surface area contributed by atoms with Crippen molar-refractivity contribution >= 4 is 24.2 Å². The number of carbonyl (C=O) groups is 2. The molecule has 0 spiro atoms. The van der Waals surface area contributed by atoms with Crippen LogP contribution in [0.1, 0.15) is 48.5 Å². The lowest BCUT2D eigenvalue weighted by molar-refractivity contribution is -0.121. The molecule has 1 aliphatic heterocycles. The van der Waals surface area contributed by atoms with Gasteiger partial charge in [-0.1, -0.05) is 12.1 Å². The molecule has 0 aliphatic carbocycles. The van der Waals surface area contributed by atoms with Gasteiger partial charge in [0, 0.05) is 37.7 Å². The summed E-state index contributed by atoms with van der Waals surface area (Å²) in [6.07, 6.45) is 3.25. The number of nitrogens with one attached hydrogen (secondary N) is 2. The molecule has 1 aromatic carbocycles. The quantitative estimate of drug-likeness (QED) is 0.651. The van der Waals surface area contributed by atoms with E-state index in [0.717, 1.165) is 25.0 Å². The molecule has 1 aromatic rings. The molecule has 0 aromatic heterocycles. The van der Waals surface area contributed by atoms with Crippen molar-refractivity contribution < 1.29 is 14.3 Å². The van der Waals surface area contributed by atoms with Crippen LogP contribution < -0.4 is 16.4 Å². The van der Waals surface area contributed by atoms with E-state index in [1.165, 1.54) is 0 Å². The molecular formula is C18H28ClN3O3. The zero-order valence-corrected chi connectivity index (χ0v) is 15.4. The Hall–Kier alpha value is -1.63. The summed E-state index contributed by atoms with van der Waals surface area (Å²) in [7, 11) is 0. The Labute approximate surface area is 155 Å². The molecule has 7 heteroatoms. The third-order valence-corrected chi connectivity index (χ3v) is 4.02. The van der Waals surface area contributed by atoms with Crippen LogP contribution >= 0.6 is 12.4 Å². The molecule has 0 bridgehead atoms. The van der Waals surface area contributed by atoms with Crippen LogP contribution in [0.25, 0.3) is 0 Å². The van der Waals surface area contributed by atoms with Crippen LogP contribution in [0.3, 0.4) is 0 Å². The zero-order valence-electron chi connectivity index (χ0n) is 14.6. The van der Waals surface area contributed by atoms with Crippen LogP contribution in [0.4, 0.5) is 0 Å². The summed E-state index contributed by atoms with van der Waals surface area (Å²) in [5.74, 6) is -0.142. The number of hydrogen-bond donors (Lipinski definition) is 3. The predicted molar refractivity (Wildman–Crippen MR) is 99.7 cm³/mol. The number of ether oxygens (including phenoxy) is 1. The van der Waals surface area contributed by atoms with Crippen LogP contribution in [-0.4, -0.2) is 37.1 Å². The molecular weight excluding hydrogens is 342 g/mol. The molecule has 2 atom stereocenters. The zero-order chi connectivity index (χ0) is 17.4. The SMILES string of the molecule is CC(N)CCC(=O)NCc1cccc(C(=O)NCC2CCCO2)c1.Cl. The number of halogens is 1. The molecule has 2 rings (SSSR count). The van der Waals surface area contributed by atoms with Crippen molar-refractivity contribution in [2.75, 3.05) is 13.2 Å². The molecule has 6 nitrogen and oxygen atoms in total. The van der Waals surface area contributed by atoms with Crippen LogP contribution in [0, 0.1) is 0 Å². The summed E-state index contributed by atoms with van der Waals surface area (Å²) < 4.78 is 5.50. The second-order valence-electron chi connectivity index (χ2n) is 6.34. The number of benzene rings is 1. The second-order valence-corrected chi connectivity index (χ2v) is 6.34. The van der Waals surface area contributed by atoms with Crippen molar-refractivity contribution in [2.45, 2.75) is 51.3 Å². The molecule has 2 unspecified atom stereocenters. The molecule has 1 aliphatic rings. The Morgan fingerprint density at radius 3 is 2.84 bits per heavy atom. The van der Waals surface area contributed by atoms with Gasteiger partial charge in [0.1, 0.15) is 0 Å². The second kappa shape index (κ2) is 11.1. The lowest BCUT2D eigenvalue weighted by Crippen LogP contribution is -2.31. The maximum absolute atomic E-state index is 12.2. The van der Waals surface area contributed by atoms with Gasteiger partial charge >= 0.3 is 0 Å². The highest BCUT2D eigenvalue weighted by Gasteiger charge is 2.16. The van der Waals surface area contributed by atoms with E-state index in [1.54, 1.807) is 12.1 Å². The summed E-state index contributed by atoms with van der Waals surface area (Å²) in [6, 6.07) is 7.31. The molecule has 140 valence electrons. The van der Waals surface area contributed by atoms with E-state index in [-0.39, 0.29) is 36.4 Å². The van der Waals surface area contributed by atoms with Crippen molar-refractivity contribution in [2.24, 2.45) is 5.73 Å². The molecule has 1 heterocycles. The Morgan fingerprint density at radius 2 is 2.16 bits per heavy atom. The first kappa shape index (κ1) is 21.4. The van der Waals surface area contributed by atoms with Crippen molar-refractivity contribution in [3.8, 4) is 0 Å². The minimum absolute atomic E-state index is 0. The standard InChI is InChI=1S/C18H27N3O3.ClH/c1-13(19)7-8-17(22)20-11-14-4-2-5-15(10-14)18(23)21-12-16-6-3-9-24-16;/h2,4-5,10,13,16H,3,6-9,11-12,19H2,1H3,(H,20,22)(H,21,23);1H. The number of nitrogens with two attached hydrogens (primary N) is 1. The summed E-state index contributed by atoms with van der Waals surface area (Å²) in [6.45, 7) is 3.60. The van der Waals surface area contributed by atoms with Crippen molar-refractivity contribution in [3.63, 3.8) is 0 Å². The van der Waals surface area contributed by atoms with Gasteiger partial charge in [0.15, 0.2) is 0 Å². The van der Waals surface area contributed by atoms with Gasteiger partial charge in [-0.3, -0.25) is 9.59 Å². The van der Waals surface area contributed by atoms with Gasteiger partial charge in [-0.2, -0.15) is 0 Å². The predicted octanol–water partition coefficient (Wildman–Crippen LogP) is 1.76. The third kappa shape index (κ3) is 7.86. The first-order valence-corrected chi connectivity index (χ1v) is 8.55. The normalized spacial score (nSPS) is 17.4. The monoisotopic (exact) mass is 369 g/mol. The van der Waals surface area contributed by atoms with Crippen molar-refractivity contribution in [1.29, 1.82) is 0 Å². The van der Waals surface area contributed by atoms with E-state index >= 15 is 0 Å². The van der Waals surface area contributed by atoms with Gasteiger partial charge in [0.25, 0.3) is 5.91 Å². The van der Waals surface area contributed by atoms with Gasteiger partial charge in [0.05, 0.1) is 6.10 Å². The molecule has 1 fully saturated rings. The minimum Gasteiger partial charge on any atom is -0.376 e. The van der Waals surface area contributed by atoms with E-state index in [1.807, 2.05) is 19.1 Å². The van der Waals surface area contributed by atoms with Gasteiger partial charge in [-0.25, -0.2) is 0 Å². The van der Waals surface area contributed by atoms with E-state index in [2.05, 4.69) is 10.6 Å². The highest BCUT2D eigenvalue weighted by atomic mass is 35.5. The Morgan fingerprint density at radius 1 is 1.36 bits per heavy atom. The maximum Gasteiger partial charge on any atom is 0.251 e. The number of hydrogen-bond acceptors (Lipinski definition) is 4. The van der Waals surface area contributed by atoms with E-state index in [9.17, 15) is 9.59 Å². The van der Waals surface area contributed by atoms with E-state index < -0.39 is 0 Å². The van der Waals surface area contributed by atoms with Crippen LogP contribution in [-0.2, 0) is 16.1 Å². The first-order valence-electron chi connectivity index (χ1n) is 8.55. The van der Waals surface area contributed by atoms with Crippen molar-refractivity contribution in [3.05, 3.63) is 35.4 Å². The first-order chi connectivity index (χ1) is 11.5. The summed E-state index contributed by atoms with van der Waals surface area (Å²) in [5.41, 5.74) is 7.13. The molecule has 25 heavy (non-hydrogen) atoms. The third-order valence-electron chi connectivity index (χ3n) is 4.02. The summed E-state index contributed by atoms with van der Waals surface area (Å²) in [4.78, 5) is 23.9. The average molecular weight is 370 g/mol. The van der Waals surface area contributed by atoms with Gasteiger partial charge in [-0.05, 0) is 43.9 Å². The Bertz CT molecular complexity index is 560. The van der Waals surface area contributed by atoms with Crippen LogP contribution in [0.15, 0.2) is 24.3 Å². The minimum atomic E-state index is -0.115. The van der Waals surface area contributed by atoms with Gasteiger partial charge in [-0.15, -0.1) is 12.4 Å². The molecule has 1 saturated heterocycles. The fraction of sp³-hybridized carbons (Fsp3) is 0.556. The largest absolute Gasteiger partial charge is 0.376 e. The molecule has 0 radical (unpaired) electrons. The fourth-order valence-electron chi connectivity index (χ4n) is 2.58.